The van der Waals surface area contributed by atoms with Crippen LogP contribution in [0.25, 0.3) is 0 Å². The molecule has 2 aliphatic rings. The summed E-state index contributed by atoms with van der Waals surface area (Å²) in [7, 11) is 0. The Hall–Kier alpha value is -3.42. The number of benzene rings is 1. The van der Waals surface area contributed by atoms with Gasteiger partial charge in [-0.3, -0.25) is 14.4 Å². The second kappa shape index (κ2) is 10.0. The lowest BCUT2D eigenvalue weighted by Gasteiger charge is -2.33. The second-order valence-electron chi connectivity index (χ2n) is 8.64. The normalized spacial score (nSPS) is 20.6. The van der Waals surface area contributed by atoms with Crippen LogP contribution in [0.2, 0.25) is 0 Å². The first-order valence-corrected chi connectivity index (χ1v) is 11.5. The first-order valence-electron chi connectivity index (χ1n) is 11.5. The predicted molar refractivity (Wildman–Crippen MR) is 125 cm³/mol. The van der Waals surface area contributed by atoms with Gasteiger partial charge in [0.2, 0.25) is 17.7 Å². The van der Waals surface area contributed by atoms with Crippen molar-refractivity contribution in [2.24, 2.45) is 11.8 Å². The van der Waals surface area contributed by atoms with E-state index in [4.69, 9.17) is 4.74 Å². The van der Waals surface area contributed by atoms with E-state index in [0.717, 1.165) is 18.4 Å². The minimum absolute atomic E-state index is 0.0642. The summed E-state index contributed by atoms with van der Waals surface area (Å²) in [6.45, 7) is 5.61. The van der Waals surface area contributed by atoms with Gasteiger partial charge in [-0.15, -0.1) is 0 Å². The first-order chi connectivity index (χ1) is 16.0. The molecule has 2 fully saturated rings. The van der Waals surface area contributed by atoms with Crippen LogP contribution in [0.5, 0.6) is 5.75 Å². The zero-order valence-electron chi connectivity index (χ0n) is 19.1. The van der Waals surface area contributed by atoms with Gasteiger partial charge in [-0.1, -0.05) is 18.2 Å². The van der Waals surface area contributed by atoms with Crippen molar-refractivity contribution >= 4 is 29.2 Å². The number of likely N-dealkylation sites (tertiary alicyclic amines) is 1. The monoisotopic (exact) mass is 450 g/mol. The number of ether oxygens (including phenoxy) is 1. The van der Waals surface area contributed by atoms with Crippen LogP contribution >= 0.6 is 0 Å². The minimum Gasteiger partial charge on any atom is -0.492 e. The number of carbonyl (C=O) groups excluding carboxylic acids is 3. The Morgan fingerprint density at radius 3 is 2.73 bits per heavy atom. The Bertz CT molecular complexity index is 1020. The summed E-state index contributed by atoms with van der Waals surface area (Å²) in [6, 6.07) is 11.1. The average Bonchev–Trinajstić information content (AvgIpc) is 3.22. The fourth-order valence-electron chi connectivity index (χ4n) is 4.48. The molecule has 1 aromatic carbocycles. The fraction of sp³-hybridized carbons (Fsp3) is 0.440. The molecule has 2 aromatic rings. The van der Waals surface area contributed by atoms with E-state index >= 15 is 0 Å². The molecule has 0 aliphatic carbocycles. The maximum atomic E-state index is 13.3. The summed E-state index contributed by atoms with van der Waals surface area (Å²) < 4.78 is 5.67. The van der Waals surface area contributed by atoms with Crippen molar-refractivity contribution in [3.05, 3.63) is 48.2 Å². The molecule has 3 heterocycles. The molecule has 1 N–H and O–H groups in total. The van der Waals surface area contributed by atoms with Gasteiger partial charge in [0.15, 0.2) is 0 Å². The molecule has 2 saturated heterocycles. The first kappa shape index (κ1) is 22.8. The summed E-state index contributed by atoms with van der Waals surface area (Å²) in [5.41, 5.74) is 1.72. The number of aromatic nitrogens is 1. The van der Waals surface area contributed by atoms with E-state index in [1.807, 2.05) is 44.2 Å². The van der Waals surface area contributed by atoms with E-state index in [1.165, 1.54) is 0 Å². The second-order valence-corrected chi connectivity index (χ2v) is 8.64. The molecule has 0 spiro atoms. The predicted octanol–water partition coefficient (Wildman–Crippen LogP) is 3.02. The molecule has 0 saturated carbocycles. The van der Waals surface area contributed by atoms with E-state index < -0.39 is 5.92 Å². The van der Waals surface area contributed by atoms with Crippen LogP contribution in [0.15, 0.2) is 42.6 Å². The van der Waals surface area contributed by atoms with E-state index in [0.29, 0.717) is 43.5 Å². The number of hydrogen-bond donors (Lipinski definition) is 1. The largest absolute Gasteiger partial charge is 0.492 e. The van der Waals surface area contributed by atoms with Gasteiger partial charge in [-0.25, -0.2) is 4.98 Å². The summed E-state index contributed by atoms with van der Waals surface area (Å²) >= 11 is 0. The van der Waals surface area contributed by atoms with Crippen molar-refractivity contribution in [3.8, 4) is 5.75 Å². The van der Waals surface area contributed by atoms with Gasteiger partial charge in [-0.05, 0) is 50.5 Å². The number of piperidine rings is 1. The van der Waals surface area contributed by atoms with Crippen LogP contribution in [0.1, 0.15) is 31.7 Å². The molecule has 2 atom stereocenters. The zero-order chi connectivity index (χ0) is 23.4. The molecule has 33 heavy (non-hydrogen) atoms. The topological polar surface area (TPSA) is 91.8 Å². The Labute approximate surface area is 193 Å². The van der Waals surface area contributed by atoms with Crippen molar-refractivity contribution in [1.29, 1.82) is 0 Å². The molecule has 1 aromatic heterocycles. The van der Waals surface area contributed by atoms with Crippen molar-refractivity contribution < 1.29 is 19.1 Å². The number of anilines is 2. The SMILES string of the molecule is CCOc1ccccc1N1CC(C(=O)N2CCCC(C(=O)Nc3ccc(C)cn3)C2)CC1=O. The summed E-state index contributed by atoms with van der Waals surface area (Å²) in [5.74, 6) is 0.159. The molecule has 4 rings (SSSR count). The molecular formula is C25H30N4O4. The highest BCUT2D eigenvalue weighted by molar-refractivity contribution is 6.01. The maximum Gasteiger partial charge on any atom is 0.230 e. The molecule has 0 radical (unpaired) electrons. The maximum absolute atomic E-state index is 13.3. The quantitative estimate of drug-likeness (QED) is 0.731. The van der Waals surface area contributed by atoms with Crippen molar-refractivity contribution in [2.45, 2.75) is 33.1 Å². The number of hydrogen-bond acceptors (Lipinski definition) is 5. The lowest BCUT2D eigenvalue weighted by atomic mass is 9.95. The van der Waals surface area contributed by atoms with Gasteiger partial charge >= 0.3 is 0 Å². The number of carbonyl (C=O) groups is 3. The van der Waals surface area contributed by atoms with E-state index in [9.17, 15) is 14.4 Å². The van der Waals surface area contributed by atoms with Gasteiger partial charge in [0.1, 0.15) is 11.6 Å². The van der Waals surface area contributed by atoms with Crippen LogP contribution in [0.3, 0.4) is 0 Å². The Morgan fingerprint density at radius 2 is 1.97 bits per heavy atom. The standard InChI is InChI=1S/C25H30N4O4/c1-3-33-21-9-5-4-8-20(21)29-16-19(13-23(29)30)25(32)28-12-6-7-18(15-28)24(31)27-22-11-10-17(2)14-26-22/h4-5,8-11,14,18-19H,3,6-7,12-13,15-16H2,1-2H3,(H,26,27,31). The van der Waals surface area contributed by atoms with Gasteiger partial charge < -0.3 is 19.9 Å². The Balaban J connectivity index is 1.39. The molecule has 8 nitrogen and oxygen atoms in total. The summed E-state index contributed by atoms with van der Waals surface area (Å²) in [5, 5.41) is 2.86. The third kappa shape index (κ3) is 5.16. The van der Waals surface area contributed by atoms with Crippen molar-refractivity contribution in [2.75, 3.05) is 36.5 Å². The van der Waals surface area contributed by atoms with Crippen LogP contribution in [0.4, 0.5) is 11.5 Å². The van der Waals surface area contributed by atoms with Crippen LogP contribution < -0.4 is 15.0 Å². The molecule has 2 aliphatic heterocycles. The highest BCUT2D eigenvalue weighted by Gasteiger charge is 2.39. The highest BCUT2D eigenvalue weighted by Crippen LogP contribution is 2.34. The fourth-order valence-corrected chi connectivity index (χ4v) is 4.48. The van der Waals surface area contributed by atoms with E-state index in [-0.39, 0.29) is 30.1 Å². The van der Waals surface area contributed by atoms with Gasteiger partial charge in [0, 0.05) is 32.3 Å². The number of nitrogens with zero attached hydrogens (tertiary/aromatic N) is 3. The van der Waals surface area contributed by atoms with Crippen molar-refractivity contribution in [1.82, 2.24) is 9.88 Å². The number of para-hydroxylation sites is 2. The average molecular weight is 451 g/mol. The van der Waals surface area contributed by atoms with Gasteiger partial charge in [-0.2, -0.15) is 0 Å². The number of aryl methyl sites for hydroxylation is 1. The highest BCUT2D eigenvalue weighted by atomic mass is 16.5. The van der Waals surface area contributed by atoms with Gasteiger partial charge in [0.25, 0.3) is 0 Å². The number of amides is 3. The number of rotatable bonds is 6. The third-order valence-corrected chi connectivity index (χ3v) is 6.20. The third-order valence-electron chi connectivity index (χ3n) is 6.20. The molecular weight excluding hydrogens is 420 g/mol. The smallest absolute Gasteiger partial charge is 0.230 e. The van der Waals surface area contributed by atoms with Crippen LogP contribution in [-0.2, 0) is 14.4 Å². The lowest BCUT2D eigenvalue weighted by molar-refractivity contribution is -0.138. The summed E-state index contributed by atoms with van der Waals surface area (Å²) in [6.07, 6.45) is 3.35. The van der Waals surface area contributed by atoms with E-state index in [2.05, 4.69) is 10.3 Å². The minimum atomic E-state index is -0.423. The molecule has 3 amide bonds. The molecule has 8 heteroatoms. The van der Waals surface area contributed by atoms with Crippen molar-refractivity contribution in [3.63, 3.8) is 0 Å². The number of pyridine rings is 1. The Kier molecular flexibility index (Phi) is 6.91. The molecule has 0 bridgehead atoms. The summed E-state index contributed by atoms with van der Waals surface area (Å²) in [4.78, 5) is 46.4. The lowest BCUT2D eigenvalue weighted by Crippen LogP contribution is -2.46. The molecule has 2 unspecified atom stereocenters. The Morgan fingerprint density at radius 1 is 1.15 bits per heavy atom. The van der Waals surface area contributed by atoms with Crippen LogP contribution in [0, 0.1) is 18.8 Å². The zero-order valence-corrected chi connectivity index (χ0v) is 19.1. The van der Waals surface area contributed by atoms with E-state index in [1.54, 1.807) is 22.1 Å². The van der Waals surface area contributed by atoms with Crippen LogP contribution in [-0.4, -0.2) is 53.8 Å². The van der Waals surface area contributed by atoms with Gasteiger partial charge in [0.05, 0.1) is 24.1 Å². The molecule has 174 valence electrons. The number of nitrogens with one attached hydrogen (secondary N) is 1.